The van der Waals surface area contributed by atoms with Crippen LogP contribution in [0.2, 0.25) is 0 Å². The summed E-state index contributed by atoms with van der Waals surface area (Å²) in [7, 11) is 0. The van der Waals surface area contributed by atoms with Gasteiger partial charge in [0.15, 0.2) is 0 Å². The molecule has 0 fully saturated rings. The van der Waals surface area contributed by atoms with Gasteiger partial charge in [0.05, 0.1) is 25.4 Å². The van der Waals surface area contributed by atoms with Crippen molar-refractivity contribution in [3.8, 4) is 0 Å². The average Bonchev–Trinajstić information content (AvgIpc) is 3.32. The van der Waals surface area contributed by atoms with Crippen LogP contribution in [-0.2, 0) is 14.3 Å². The molecule has 2 unspecified atom stereocenters. The normalized spacial score (nSPS) is 12.8. The van der Waals surface area contributed by atoms with Gasteiger partial charge in [0, 0.05) is 12.8 Å². The lowest BCUT2D eigenvalue weighted by Gasteiger charge is -2.20. The molecule has 3 N–H and O–H groups in total. The Labute approximate surface area is 411 Å². The predicted molar refractivity (Wildman–Crippen MR) is 287 cm³/mol. The molecule has 0 aliphatic rings. The highest BCUT2D eigenvalue weighted by Gasteiger charge is 2.18. The van der Waals surface area contributed by atoms with Gasteiger partial charge < -0.3 is 20.3 Å². The zero-order valence-corrected chi connectivity index (χ0v) is 44.2. The molecule has 0 bridgehead atoms. The van der Waals surface area contributed by atoms with Crippen LogP contribution in [0, 0.1) is 0 Å². The van der Waals surface area contributed by atoms with Gasteiger partial charge in [0.2, 0.25) is 5.91 Å². The highest BCUT2D eigenvalue weighted by molar-refractivity contribution is 5.76. The van der Waals surface area contributed by atoms with Crippen LogP contribution in [0.25, 0.3) is 0 Å². The molecule has 0 aliphatic carbocycles. The summed E-state index contributed by atoms with van der Waals surface area (Å²) in [6, 6.07) is -0.628. The van der Waals surface area contributed by atoms with Gasteiger partial charge in [-0.15, -0.1) is 0 Å². The first-order valence-electron chi connectivity index (χ1n) is 29.3. The van der Waals surface area contributed by atoms with E-state index in [4.69, 9.17) is 4.74 Å². The van der Waals surface area contributed by atoms with Crippen molar-refractivity contribution in [3.05, 3.63) is 36.5 Å². The van der Waals surface area contributed by atoms with Gasteiger partial charge in [0.1, 0.15) is 0 Å². The second-order valence-corrected chi connectivity index (χ2v) is 20.0. The third-order valence-corrected chi connectivity index (χ3v) is 13.4. The molecular formula is C60H113NO5. The number of aliphatic hydroxyl groups excluding tert-OH is 2. The summed E-state index contributed by atoms with van der Waals surface area (Å²) in [6.45, 7) is 4.84. The maximum absolute atomic E-state index is 12.4. The fraction of sp³-hybridized carbons (Fsp3) is 0.867. The molecule has 2 atom stereocenters. The van der Waals surface area contributed by atoms with Crippen LogP contribution in [0.15, 0.2) is 36.5 Å². The third-order valence-electron chi connectivity index (χ3n) is 13.4. The van der Waals surface area contributed by atoms with E-state index in [9.17, 15) is 19.8 Å². The van der Waals surface area contributed by atoms with Gasteiger partial charge in [0.25, 0.3) is 0 Å². The first-order valence-corrected chi connectivity index (χ1v) is 29.3. The SMILES string of the molecule is CCC/C=C\C/C=C\CCCCCCCC(=O)OCCCCCCCCCCCCCCCCCCCCCCCCC(=O)NC(CO)C(O)/C=C/CCCCCCCCCCCCCC. The molecule has 6 heteroatoms. The van der Waals surface area contributed by atoms with Crippen molar-refractivity contribution in [1.29, 1.82) is 0 Å². The summed E-state index contributed by atoms with van der Waals surface area (Å²) in [6.07, 6.45) is 68.8. The molecule has 0 aromatic heterocycles. The molecule has 6 nitrogen and oxygen atoms in total. The van der Waals surface area contributed by atoms with Crippen molar-refractivity contribution < 1.29 is 24.5 Å². The summed E-state index contributed by atoms with van der Waals surface area (Å²) < 4.78 is 5.46. The number of hydrogen-bond acceptors (Lipinski definition) is 5. The number of rotatable bonds is 54. The number of esters is 1. The second-order valence-electron chi connectivity index (χ2n) is 20.0. The number of carbonyl (C=O) groups excluding carboxylic acids is 2. The molecule has 0 aromatic rings. The fourth-order valence-electron chi connectivity index (χ4n) is 8.91. The quantitative estimate of drug-likeness (QED) is 0.0321. The Balaban J connectivity index is 3.40. The van der Waals surface area contributed by atoms with E-state index in [1.165, 1.54) is 231 Å². The lowest BCUT2D eigenvalue weighted by molar-refractivity contribution is -0.143. The van der Waals surface area contributed by atoms with Gasteiger partial charge in [-0.3, -0.25) is 9.59 Å². The molecule has 0 aliphatic heterocycles. The van der Waals surface area contributed by atoms with Crippen LogP contribution in [0.3, 0.4) is 0 Å². The maximum atomic E-state index is 12.4. The van der Waals surface area contributed by atoms with Gasteiger partial charge in [-0.1, -0.05) is 275 Å². The van der Waals surface area contributed by atoms with E-state index in [2.05, 4.69) is 43.5 Å². The minimum Gasteiger partial charge on any atom is -0.466 e. The Morgan fingerprint density at radius 2 is 0.788 bits per heavy atom. The summed E-state index contributed by atoms with van der Waals surface area (Å²) in [4.78, 5) is 24.5. The molecular weight excluding hydrogens is 815 g/mol. The number of amides is 1. The first-order chi connectivity index (χ1) is 32.5. The molecule has 0 saturated carbocycles. The topological polar surface area (TPSA) is 95.9 Å². The molecule has 66 heavy (non-hydrogen) atoms. The van der Waals surface area contributed by atoms with Crippen LogP contribution in [-0.4, -0.2) is 47.4 Å². The standard InChI is InChI=1S/C60H113NO5/c1-3-5-7-9-11-13-15-17-29-32-36-40-44-48-52-58(63)57(56-62)61-59(64)53-49-45-41-37-33-30-26-24-22-20-18-19-21-23-25-27-31-35-39-43-47-51-55-66-60(65)54-50-46-42-38-34-28-16-14-12-10-8-6-4-2/h8,10,14,16,48,52,57-58,62-63H,3-7,9,11-13,15,17-47,49-51,53-56H2,1-2H3,(H,61,64)/b10-8-,16-14-,52-48+. The smallest absolute Gasteiger partial charge is 0.305 e. The Morgan fingerprint density at radius 1 is 0.424 bits per heavy atom. The first kappa shape index (κ1) is 64.1. The Hall–Kier alpha value is -1.92. The Morgan fingerprint density at radius 3 is 1.21 bits per heavy atom. The lowest BCUT2D eigenvalue weighted by Crippen LogP contribution is -2.45. The van der Waals surface area contributed by atoms with Gasteiger partial charge in [-0.05, 0) is 57.8 Å². The Kier molecular flexibility index (Phi) is 54.1. The van der Waals surface area contributed by atoms with Crippen molar-refractivity contribution in [2.24, 2.45) is 0 Å². The highest BCUT2D eigenvalue weighted by atomic mass is 16.5. The predicted octanol–water partition coefficient (Wildman–Crippen LogP) is 18.0. The molecule has 1 amide bonds. The van der Waals surface area contributed by atoms with Crippen molar-refractivity contribution in [2.45, 2.75) is 321 Å². The average molecular weight is 929 g/mol. The zero-order valence-electron chi connectivity index (χ0n) is 44.2. The molecule has 0 heterocycles. The number of carbonyl (C=O) groups is 2. The van der Waals surface area contributed by atoms with Crippen molar-refractivity contribution in [3.63, 3.8) is 0 Å². The molecule has 0 rings (SSSR count). The van der Waals surface area contributed by atoms with Crippen molar-refractivity contribution in [2.75, 3.05) is 13.2 Å². The van der Waals surface area contributed by atoms with E-state index in [0.717, 1.165) is 51.4 Å². The van der Waals surface area contributed by atoms with Crippen LogP contribution in [0.4, 0.5) is 0 Å². The van der Waals surface area contributed by atoms with Crippen LogP contribution in [0.5, 0.6) is 0 Å². The maximum Gasteiger partial charge on any atom is 0.305 e. The minimum atomic E-state index is -0.844. The summed E-state index contributed by atoms with van der Waals surface area (Å²) in [5, 5.41) is 23.1. The van der Waals surface area contributed by atoms with Crippen LogP contribution in [0.1, 0.15) is 309 Å². The summed E-state index contributed by atoms with van der Waals surface area (Å²) in [5.74, 6) is -0.0709. The minimum absolute atomic E-state index is 0.00293. The monoisotopic (exact) mass is 928 g/mol. The fourth-order valence-corrected chi connectivity index (χ4v) is 8.91. The molecule has 0 radical (unpaired) electrons. The summed E-state index contributed by atoms with van der Waals surface area (Å²) >= 11 is 0. The molecule has 0 saturated heterocycles. The van der Waals surface area contributed by atoms with Crippen molar-refractivity contribution >= 4 is 11.9 Å². The number of ether oxygens (including phenoxy) is 1. The number of nitrogens with one attached hydrogen (secondary N) is 1. The number of hydrogen-bond donors (Lipinski definition) is 3. The van der Waals surface area contributed by atoms with Gasteiger partial charge in [-0.2, -0.15) is 0 Å². The zero-order chi connectivity index (χ0) is 47.9. The molecule has 0 spiro atoms. The van der Waals surface area contributed by atoms with Crippen molar-refractivity contribution in [1.82, 2.24) is 5.32 Å². The van der Waals surface area contributed by atoms with E-state index in [0.29, 0.717) is 19.4 Å². The van der Waals surface area contributed by atoms with Gasteiger partial charge >= 0.3 is 5.97 Å². The van der Waals surface area contributed by atoms with E-state index in [-0.39, 0.29) is 18.5 Å². The molecule has 388 valence electrons. The number of unbranched alkanes of at least 4 members (excludes halogenated alkanes) is 39. The van der Waals surface area contributed by atoms with Gasteiger partial charge in [-0.25, -0.2) is 0 Å². The van der Waals surface area contributed by atoms with Crippen LogP contribution < -0.4 is 5.32 Å². The lowest BCUT2D eigenvalue weighted by atomic mass is 10.0. The van der Waals surface area contributed by atoms with E-state index >= 15 is 0 Å². The second kappa shape index (κ2) is 55.7. The number of allylic oxidation sites excluding steroid dienone is 5. The largest absolute Gasteiger partial charge is 0.466 e. The van der Waals surface area contributed by atoms with E-state index in [1.54, 1.807) is 6.08 Å². The van der Waals surface area contributed by atoms with E-state index in [1.807, 2.05) is 6.08 Å². The van der Waals surface area contributed by atoms with E-state index < -0.39 is 12.1 Å². The summed E-state index contributed by atoms with van der Waals surface area (Å²) in [5.41, 5.74) is 0. The highest BCUT2D eigenvalue weighted by Crippen LogP contribution is 2.17. The Bertz CT molecular complexity index is 1070. The molecule has 0 aromatic carbocycles. The van der Waals surface area contributed by atoms with Crippen LogP contribution >= 0.6 is 0 Å². The number of aliphatic hydroxyl groups is 2. The third kappa shape index (κ3) is 51.5.